The quantitative estimate of drug-likeness (QED) is 0.888. The topological polar surface area (TPSA) is 54.4 Å². The third kappa shape index (κ3) is 3.86. The maximum atomic E-state index is 12.1. The molecule has 1 aliphatic rings. The highest BCUT2D eigenvalue weighted by Crippen LogP contribution is 2.31. The molecule has 2 heterocycles. The lowest BCUT2D eigenvalue weighted by molar-refractivity contribution is -0.118. The number of aryl methyl sites for hydroxylation is 1. The number of hydrogen-bond acceptors (Lipinski definition) is 4. The molecule has 7 heteroatoms. The molecule has 3 rings (SSSR count). The number of rotatable bonds is 3. The summed E-state index contributed by atoms with van der Waals surface area (Å²) in [5.41, 5.74) is 1.65. The van der Waals surface area contributed by atoms with E-state index in [2.05, 4.69) is 15.3 Å². The van der Waals surface area contributed by atoms with Gasteiger partial charge in [-0.15, -0.1) is 0 Å². The summed E-state index contributed by atoms with van der Waals surface area (Å²) in [4.78, 5) is 20.8. The SMILES string of the molecule is Cc1cccc(N=C2NC(=O)C(Cc3c(Cl)cccc3Cl)S2)n1. The maximum Gasteiger partial charge on any atom is 0.239 e. The van der Waals surface area contributed by atoms with Gasteiger partial charge in [0, 0.05) is 15.7 Å². The number of pyridine rings is 1. The van der Waals surface area contributed by atoms with Gasteiger partial charge < -0.3 is 5.32 Å². The van der Waals surface area contributed by atoms with Crippen LogP contribution in [0.3, 0.4) is 0 Å². The smallest absolute Gasteiger partial charge is 0.239 e. The first-order valence-corrected chi connectivity index (χ1v) is 8.59. The lowest BCUT2D eigenvalue weighted by Crippen LogP contribution is -2.26. The number of nitrogens with one attached hydrogen (secondary N) is 1. The fourth-order valence-corrected chi connectivity index (χ4v) is 3.74. The molecule has 1 aromatic carbocycles. The molecule has 23 heavy (non-hydrogen) atoms. The van der Waals surface area contributed by atoms with E-state index >= 15 is 0 Å². The predicted molar refractivity (Wildman–Crippen MR) is 95.8 cm³/mol. The zero-order valence-electron chi connectivity index (χ0n) is 12.2. The van der Waals surface area contributed by atoms with E-state index in [0.717, 1.165) is 11.3 Å². The van der Waals surface area contributed by atoms with Gasteiger partial charge >= 0.3 is 0 Å². The molecule has 1 saturated heterocycles. The second-order valence-corrected chi connectivity index (χ2v) is 7.06. The fourth-order valence-electron chi connectivity index (χ4n) is 2.20. The lowest BCUT2D eigenvalue weighted by atomic mass is 10.1. The van der Waals surface area contributed by atoms with E-state index in [1.54, 1.807) is 24.3 Å². The molecule has 0 saturated carbocycles. The van der Waals surface area contributed by atoms with E-state index in [1.807, 2.05) is 19.1 Å². The molecule has 2 aromatic rings. The number of aromatic nitrogens is 1. The molecule has 0 spiro atoms. The van der Waals surface area contributed by atoms with Crippen LogP contribution in [0, 0.1) is 6.92 Å². The van der Waals surface area contributed by atoms with Crippen molar-refractivity contribution in [3.8, 4) is 0 Å². The minimum absolute atomic E-state index is 0.0996. The first-order chi connectivity index (χ1) is 11.0. The molecule has 1 atom stereocenters. The third-order valence-corrected chi connectivity index (χ3v) is 5.11. The molecule has 4 nitrogen and oxygen atoms in total. The Hall–Kier alpha value is -1.56. The molecule has 118 valence electrons. The summed E-state index contributed by atoms with van der Waals surface area (Å²) >= 11 is 13.7. The van der Waals surface area contributed by atoms with Crippen LogP contribution in [-0.4, -0.2) is 21.3 Å². The molecule has 1 aromatic heterocycles. The van der Waals surface area contributed by atoms with Crippen molar-refractivity contribution in [1.29, 1.82) is 0 Å². The number of carbonyl (C=O) groups excluding carboxylic acids is 1. The molecule has 1 amide bonds. The number of amides is 1. The van der Waals surface area contributed by atoms with Crippen LogP contribution < -0.4 is 5.32 Å². The van der Waals surface area contributed by atoms with Crippen LogP contribution in [0.5, 0.6) is 0 Å². The van der Waals surface area contributed by atoms with Crippen molar-refractivity contribution >= 4 is 51.9 Å². The average molecular weight is 366 g/mol. The first kappa shape index (κ1) is 16.3. The summed E-state index contributed by atoms with van der Waals surface area (Å²) in [6.07, 6.45) is 0.454. The zero-order valence-corrected chi connectivity index (χ0v) is 14.5. The van der Waals surface area contributed by atoms with Gasteiger partial charge in [0.15, 0.2) is 11.0 Å². The number of hydrogen-bond donors (Lipinski definition) is 1. The largest absolute Gasteiger partial charge is 0.304 e. The number of amidine groups is 1. The highest BCUT2D eigenvalue weighted by atomic mass is 35.5. The van der Waals surface area contributed by atoms with Gasteiger partial charge in [-0.2, -0.15) is 0 Å². The van der Waals surface area contributed by atoms with Crippen molar-refractivity contribution in [2.45, 2.75) is 18.6 Å². The highest BCUT2D eigenvalue weighted by Gasteiger charge is 2.31. The monoisotopic (exact) mass is 365 g/mol. The number of thioether (sulfide) groups is 1. The Morgan fingerprint density at radius 3 is 2.61 bits per heavy atom. The van der Waals surface area contributed by atoms with Crippen LogP contribution in [0.2, 0.25) is 10.0 Å². The Bertz CT molecular complexity index is 774. The van der Waals surface area contributed by atoms with Crippen molar-refractivity contribution < 1.29 is 4.79 Å². The normalized spacial score (nSPS) is 19.2. The maximum absolute atomic E-state index is 12.1. The Labute approximate surface area is 148 Å². The standard InChI is InChI=1S/C16H13Cl2N3OS/c1-9-4-2-7-14(19-9)20-16-21-15(22)13(23-16)8-10-11(17)5-3-6-12(10)18/h2-7,13H,8H2,1H3,(H,19,20,21,22). The second-order valence-electron chi connectivity index (χ2n) is 5.05. The molecular formula is C16H13Cl2N3OS. The van der Waals surface area contributed by atoms with Crippen LogP contribution in [0.4, 0.5) is 5.82 Å². The van der Waals surface area contributed by atoms with Crippen molar-refractivity contribution in [3.63, 3.8) is 0 Å². The van der Waals surface area contributed by atoms with E-state index in [9.17, 15) is 4.79 Å². The molecule has 1 N–H and O–H groups in total. The summed E-state index contributed by atoms with van der Waals surface area (Å²) in [5.74, 6) is 0.474. The average Bonchev–Trinajstić information content (AvgIpc) is 2.83. The number of aliphatic imine (C=N–C) groups is 1. The molecule has 0 bridgehead atoms. The Balaban J connectivity index is 1.78. The fraction of sp³-hybridized carbons (Fsp3) is 0.188. The molecule has 0 radical (unpaired) electrons. The Kier molecular flexibility index (Phi) is 4.90. The van der Waals surface area contributed by atoms with E-state index in [-0.39, 0.29) is 11.2 Å². The van der Waals surface area contributed by atoms with Crippen LogP contribution in [0.25, 0.3) is 0 Å². The van der Waals surface area contributed by atoms with Gasteiger partial charge in [0.1, 0.15) is 0 Å². The van der Waals surface area contributed by atoms with E-state index in [1.165, 1.54) is 11.8 Å². The van der Waals surface area contributed by atoms with Crippen LogP contribution in [0.15, 0.2) is 41.4 Å². The summed E-state index contributed by atoms with van der Waals surface area (Å²) in [5, 5.41) is 4.15. The van der Waals surface area contributed by atoms with Gasteiger partial charge in [-0.1, -0.05) is 47.1 Å². The van der Waals surface area contributed by atoms with Crippen LogP contribution >= 0.6 is 35.0 Å². The van der Waals surface area contributed by atoms with Gasteiger partial charge in [-0.25, -0.2) is 9.98 Å². The minimum Gasteiger partial charge on any atom is -0.304 e. The van der Waals surface area contributed by atoms with Crippen LogP contribution in [0.1, 0.15) is 11.3 Å². The molecule has 1 unspecified atom stereocenters. The summed E-state index contributed by atoms with van der Waals surface area (Å²) in [6.45, 7) is 1.90. The predicted octanol–water partition coefficient (Wildman–Crippen LogP) is 4.16. The molecule has 1 fully saturated rings. The molecule has 1 aliphatic heterocycles. The number of halogens is 2. The van der Waals surface area contributed by atoms with E-state index < -0.39 is 0 Å². The first-order valence-electron chi connectivity index (χ1n) is 6.95. The summed E-state index contributed by atoms with van der Waals surface area (Å²) in [6, 6.07) is 10.9. The Morgan fingerprint density at radius 1 is 1.22 bits per heavy atom. The van der Waals surface area contributed by atoms with Gasteiger partial charge in [0.25, 0.3) is 0 Å². The number of benzene rings is 1. The molecule has 0 aliphatic carbocycles. The van der Waals surface area contributed by atoms with Gasteiger partial charge in [0.2, 0.25) is 5.91 Å². The molecular weight excluding hydrogens is 353 g/mol. The van der Waals surface area contributed by atoms with Gasteiger partial charge in [0.05, 0.1) is 5.25 Å². The number of nitrogens with zero attached hydrogens (tertiary/aromatic N) is 2. The van der Waals surface area contributed by atoms with Crippen molar-refractivity contribution in [3.05, 3.63) is 57.7 Å². The number of carbonyl (C=O) groups is 1. The van der Waals surface area contributed by atoms with Crippen molar-refractivity contribution in [1.82, 2.24) is 10.3 Å². The van der Waals surface area contributed by atoms with Crippen LogP contribution in [-0.2, 0) is 11.2 Å². The van der Waals surface area contributed by atoms with Gasteiger partial charge in [-0.3, -0.25) is 4.79 Å². The van der Waals surface area contributed by atoms with E-state index in [0.29, 0.717) is 27.5 Å². The summed E-state index contributed by atoms with van der Waals surface area (Å²) in [7, 11) is 0. The lowest BCUT2D eigenvalue weighted by Gasteiger charge is -2.09. The van der Waals surface area contributed by atoms with Gasteiger partial charge in [-0.05, 0) is 43.2 Å². The minimum atomic E-state index is -0.309. The van der Waals surface area contributed by atoms with Crippen molar-refractivity contribution in [2.24, 2.45) is 4.99 Å². The third-order valence-electron chi connectivity index (χ3n) is 3.32. The van der Waals surface area contributed by atoms with Crippen molar-refractivity contribution in [2.75, 3.05) is 0 Å². The zero-order chi connectivity index (χ0) is 16.4. The second kappa shape index (κ2) is 6.91. The Morgan fingerprint density at radius 2 is 1.91 bits per heavy atom. The highest BCUT2D eigenvalue weighted by molar-refractivity contribution is 8.15. The summed E-state index contributed by atoms with van der Waals surface area (Å²) < 4.78 is 0. The van der Waals surface area contributed by atoms with E-state index in [4.69, 9.17) is 23.2 Å².